The maximum atomic E-state index is 12.7. The molecule has 5 aliphatic rings. The van der Waals surface area contributed by atoms with E-state index in [0.717, 1.165) is 4.72 Å². The summed E-state index contributed by atoms with van der Waals surface area (Å²) in [6.45, 7) is -5.11. The second-order valence-corrected chi connectivity index (χ2v) is 25.5. The zero-order valence-electron chi connectivity index (χ0n) is 51.0. The molecule has 0 radical (unpaired) electrons. The molecule has 25 atom stereocenters. The second kappa shape index (κ2) is 45.8. The number of carboxylic acids is 2. The van der Waals surface area contributed by atoms with Crippen molar-refractivity contribution in [2.24, 2.45) is 5.73 Å². The number of methoxy groups -OCH3 is 1. The third-order valence-electron chi connectivity index (χ3n) is 12.1. The summed E-state index contributed by atoms with van der Waals surface area (Å²) in [5.74, 6) is -5.28. The van der Waals surface area contributed by atoms with Gasteiger partial charge in [0, 0.05) is 7.11 Å². The molecule has 10 N–H and O–H groups in total. The number of ether oxygens (including phenoxy) is 10. The average Bonchev–Trinajstić information content (AvgIpc) is 0.771. The minimum Gasteiger partial charge on any atom is -0.735 e. The van der Waals surface area contributed by atoms with E-state index < -0.39 is 258 Å². The average molecular weight is 1630 g/mol. The molecule has 49 nitrogen and oxygen atoms in total. The van der Waals surface area contributed by atoms with Crippen LogP contribution in [0.25, 0.3) is 0 Å². The predicted octanol–water partition coefficient (Wildman–Crippen LogP) is -45.2. The number of aliphatic hydroxyl groups is 6. The van der Waals surface area contributed by atoms with Crippen LogP contribution < -0.4 is 291 Å². The molecular formula is C31H44N3Na9O46S7. The molecule has 510 valence electrons. The Kier molecular flexibility index (Phi) is 52.9. The van der Waals surface area contributed by atoms with E-state index in [4.69, 9.17) is 53.1 Å². The molecule has 0 unspecified atom stereocenters. The molecule has 5 heterocycles. The molecule has 0 bridgehead atoms. The normalized spacial score (nSPS) is 36.0. The molecule has 0 aliphatic carbocycles. The maximum Gasteiger partial charge on any atom is 1.00 e. The minimum atomic E-state index is -6.37. The summed E-state index contributed by atoms with van der Waals surface area (Å²) < 4.78 is 321. The van der Waals surface area contributed by atoms with Gasteiger partial charge in [0.15, 0.2) is 58.2 Å². The van der Waals surface area contributed by atoms with Gasteiger partial charge in [-0.3, -0.25) is 20.9 Å². The van der Waals surface area contributed by atoms with Crippen LogP contribution >= 0.6 is 0 Å². The fourth-order valence-corrected chi connectivity index (χ4v) is 11.7. The quantitative estimate of drug-likeness (QED) is 0.0200. The molecule has 96 heavy (non-hydrogen) atoms. The number of aliphatic carboxylic acids is 2. The predicted molar refractivity (Wildman–Crippen MR) is 233 cm³/mol. The number of aliphatic hydroxyl groups excluding tert-OH is 6. The number of carbonyl (C=O) groups is 2. The van der Waals surface area contributed by atoms with Crippen molar-refractivity contribution >= 4 is 84.5 Å². The minimum absolute atomic E-state index is 0. The van der Waals surface area contributed by atoms with Crippen molar-refractivity contribution in [1.29, 1.82) is 0 Å². The Bertz CT molecular complexity index is 3250. The Morgan fingerprint density at radius 2 is 0.729 bits per heavy atom. The SMILES string of the molecule is CO[C@H]1O[C@H](COS(=O)(=O)[O-])[C@@H](O[C@@H]2O[C@@H](C(=O)[O-])[C@@H](O[C@@H]3O[C@H](COS(=O)(=O)[O-])[C@@H](O[C@@H]4O[C@H](C(=O)[O-])[C@@H](O[C@H]5O[C@H](COS(=O)(=O)[O-])[C@@H](O)[C@H](O)[C@H]5NS(=O)(=O)[O-])[C@H](O)[C@H]4O)[C@H](OS(=O)(=O)[O-])[C@H]3N)[C@H](O)[C@H]2OS(=O)(=O)[O-])[C@H](O)[C@H]1NS(=O)(=O)[O-].[Na+].[Na+].[Na+].[Na+].[Na+].[Na+].[Na+].[Na+].[Na+]. The Labute approximate surface area is 743 Å². The topological polar surface area (TPSA) is 791 Å². The first-order chi connectivity index (χ1) is 39.5. The molecule has 0 spiro atoms. The molecule has 0 aromatic carbocycles. The Morgan fingerprint density at radius 3 is 1.14 bits per heavy atom. The van der Waals surface area contributed by atoms with E-state index >= 15 is 0 Å². The number of carboxylic acid groups (broad SMARTS) is 2. The van der Waals surface area contributed by atoms with E-state index in [0.29, 0.717) is 7.11 Å². The van der Waals surface area contributed by atoms with Gasteiger partial charge < -0.3 is 135 Å². The summed E-state index contributed by atoms with van der Waals surface area (Å²) in [6, 6.07) is -7.81. The van der Waals surface area contributed by atoms with Gasteiger partial charge >= 0.3 is 266 Å². The number of hydrogen-bond acceptors (Lipinski definition) is 47. The van der Waals surface area contributed by atoms with Crippen LogP contribution in [0.4, 0.5) is 0 Å². The molecular weight excluding hydrogens is 1580 g/mol. The first-order valence-corrected chi connectivity index (χ1v) is 32.2. The van der Waals surface area contributed by atoms with Gasteiger partial charge in [-0.15, -0.1) is 0 Å². The van der Waals surface area contributed by atoms with E-state index in [1.54, 1.807) is 0 Å². The van der Waals surface area contributed by atoms with E-state index in [1.807, 2.05) is 0 Å². The van der Waals surface area contributed by atoms with Crippen molar-refractivity contribution in [2.75, 3.05) is 26.9 Å². The van der Waals surface area contributed by atoms with Gasteiger partial charge in [-0.05, 0) is 0 Å². The smallest absolute Gasteiger partial charge is 0.735 e. The molecule has 0 amide bonds. The largest absolute Gasteiger partial charge is 1.00 e. The van der Waals surface area contributed by atoms with Crippen molar-refractivity contribution in [3.8, 4) is 0 Å². The number of carbonyl (C=O) groups excluding carboxylic acids is 2. The van der Waals surface area contributed by atoms with Gasteiger partial charge in [0.1, 0.15) is 110 Å². The van der Waals surface area contributed by atoms with Gasteiger partial charge in [0.2, 0.25) is 52.0 Å². The van der Waals surface area contributed by atoms with E-state index in [9.17, 15) is 141 Å². The van der Waals surface area contributed by atoms with Crippen LogP contribution in [-0.2, 0) is 150 Å². The Morgan fingerprint density at radius 1 is 0.385 bits per heavy atom. The molecule has 65 heteroatoms. The van der Waals surface area contributed by atoms with Crippen molar-refractivity contribution in [1.82, 2.24) is 9.44 Å². The fourth-order valence-electron chi connectivity index (χ4n) is 8.67. The summed E-state index contributed by atoms with van der Waals surface area (Å²) in [6.07, 6.45) is -62.5. The molecule has 0 aromatic rings. The van der Waals surface area contributed by atoms with Gasteiger partial charge in [-0.2, -0.15) is 0 Å². The number of rotatable bonds is 28. The van der Waals surface area contributed by atoms with Crippen molar-refractivity contribution in [3.05, 3.63) is 0 Å². The van der Waals surface area contributed by atoms with Gasteiger partial charge in [0.25, 0.3) is 0 Å². The fraction of sp³-hybridized carbons (Fsp3) is 0.935. The molecule has 0 aromatic heterocycles. The molecule has 5 saturated heterocycles. The van der Waals surface area contributed by atoms with Crippen LogP contribution in [0, 0.1) is 0 Å². The summed E-state index contributed by atoms with van der Waals surface area (Å²) >= 11 is 0. The third kappa shape index (κ3) is 34.1. The third-order valence-corrected chi connectivity index (χ3v) is 15.5. The van der Waals surface area contributed by atoms with Gasteiger partial charge in [-0.1, -0.05) is 0 Å². The standard InChI is InChI=1S/C31H53N3O46S7.9Na/c1-66-28-10(34-82(48,49)50)13(37)17(6(72-28)3-68-84(54,55)56)73-31-22(80-87(63,64)65)16(40)21(24(78-31)26(43)44)75-27-8(32)19(79-86(60,61)62)18(7(71-27)4-69-85(57,58)59)74-30-15(39)14(38)20(23(77-30)25(41)42)76-29-9(33-81(45,46)47)12(36)11(35)5(70-29)2-67-83(51,52)53;;;;;;;;;/h5-24,27-31,33-40H,2-4,32H2,1H3,(H,41,42)(H,43,44)(H,45,46,47)(H,48,49,50)(H,51,52,53)(H,54,55,56)(H,57,58,59)(H,60,61,62)(H,63,64,65);;;;;;;;;/q;9*+1/p-9/t5-,6-,7-,8-,9-,10-,11-,12-,13-,14-,15-,16+,17-,18-,19-,20+,21+,22-,23+,24-,27+,28+,29-,30-,31-;;;;;;;;;/m1........./s1. The van der Waals surface area contributed by atoms with Crippen LogP contribution in [0.3, 0.4) is 0 Å². The van der Waals surface area contributed by atoms with Crippen LogP contribution in [0.15, 0.2) is 0 Å². The van der Waals surface area contributed by atoms with Crippen LogP contribution in [-0.4, -0.2) is 314 Å². The number of nitrogens with one attached hydrogen (secondary N) is 2. The summed E-state index contributed by atoms with van der Waals surface area (Å²) in [7, 11) is -41.0. The summed E-state index contributed by atoms with van der Waals surface area (Å²) in [5, 5.41) is 91.7. The van der Waals surface area contributed by atoms with E-state index in [1.165, 1.54) is 4.72 Å². The van der Waals surface area contributed by atoms with Crippen LogP contribution in [0.2, 0.25) is 0 Å². The Balaban J connectivity index is -0.00000307. The number of hydrogen-bond donors (Lipinski definition) is 9. The van der Waals surface area contributed by atoms with E-state index in [-0.39, 0.29) is 266 Å². The molecule has 5 rings (SSSR count). The monoisotopic (exact) mass is 1620 g/mol. The van der Waals surface area contributed by atoms with Gasteiger partial charge in [0.05, 0.1) is 37.8 Å². The van der Waals surface area contributed by atoms with Crippen molar-refractivity contribution < 1.29 is 476 Å². The number of nitrogens with two attached hydrogens (primary N) is 1. The van der Waals surface area contributed by atoms with Crippen LogP contribution in [0.1, 0.15) is 0 Å². The van der Waals surface area contributed by atoms with Crippen LogP contribution in [0.5, 0.6) is 0 Å². The first kappa shape index (κ1) is 111. The second-order valence-electron chi connectivity index (χ2n) is 18.0. The van der Waals surface area contributed by atoms with Gasteiger partial charge in [-0.25, -0.2) is 68.4 Å². The molecule has 5 aliphatic heterocycles. The molecule has 5 fully saturated rings. The summed E-state index contributed by atoms with van der Waals surface area (Å²) in [4.78, 5) is 25.3. The van der Waals surface area contributed by atoms with E-state index in [2.05, 4.69) is 20.9 Å². The first-order valence-electron chi connectivity index (χ1n) is 22.7. The van der Waals surface area contributed by atoms with Crippen molar-refractivity contribution in [2.45, 2.75) is 153 Å². The zero-order chi connectivity index (χ0) is 66.2. The van der Waals surface area contributed by atoms with Crippen molar-refractivity contribution in [3.63, 3.8) is 0 Å². The molecule has 0 saturated carbocycles. The maximum absolute atomic E-state index is 12.7. The zero-order valence-corrected chi connectivity index (χ0v) is 74.7. The Hall–Kier alpha value is 6.35. The summed E-state index contributed by atoms with van der Waals surface area (Å²) in [5.41, 5.74) is 6.08.